The molecule has 1 saturated heterocycles. The smallest absolute Gasteiger partial charge is 0.324 e. The van der Waals surface area contributed by atoms with Gasteiger partial charge >= 0.3 is 6.03 Å². The van der Waals surface area contributed by atoms with Crippen LogP contribution in [0.4, 0.5) is 4.79 Å². The predicted octanol–water partition coefficient (Wildman–Crippen LogP) is 1.58. The van der Waals surface area contributed by atoms with E-state index in [1.807, 2.05) is 29.1 Å². The zero-order valence-electron chi connectivity index (χ0n) is 12.1. The fourth-order valence-electron chi connectivity index (χ4n) is 2.15. The van der Waals surface area contributed by atoms with Crippen LogP contribution in [-0.2, 0) is 11.8 Å². The second-order valence-corrected chi connectivity index (χ2v) is 7.08. The van der Waals surface area contributed by atoms with Crippen LogP contribution < -0.4 is 5.32 Å². The third-order valence-corrected chi connectivity index (χ3v) is 5.32. The van der Waals surface area contributed by atoms with Crippen molar-refractivity contribution < 1.29 is 9.59 Å². The van der Waals surface area contributed by atoms with Crippen molar-refractivity contribution in [1.82, 2.24) is 25.0 Å². The van der Waals surface area contributed by atoms with E-state index in [1.54, 1.807) is 18.3 Å². The molecule has 1 N–H and O–H groups in total. The quantitative estimate of drug-likeness (QED) is 0.857. The Morgan fingerprint density at radius 1 is 1.50 bits per heavy atom. The Bertz CT molecular complexity index is 697. The molecule has 22 heavy (non-hydrogen) atoms. The molecule has 7 nitrogen and oxygen atoms in total. The van der Waals surface area contributed by atoms with E-state index in [9.17, 15) is 9.59 Å². The predicted molar refractivity (Wildman–Crippen MR) is 84.7 cm³/mol. The molecule has 3 rings (SSSR count). The molecule has 0 aromatic carbocycles. The molecule has 0 spiro atoms. The molecule has 0 saturated carbocycles. The number of nitrogens with zero attached hydrogens (tertiary/aromatic N) is 4. The van der Waals surface area contributed by atoms with E-state index < -0.39 is 5.25 Å². The summed E-state index contributed by atoms with van der Waals surface area (Å²) in [5.74, 6) is 0.566. The standard InChI is InChI=1S/C13H15N5O2S2/c1-8(11(19)18-6-5-14-12(18)20)22-13-16-15-10(17(13)2)9-4-3-7-21-9/h3-4,7-8H,5-6H2,1-2H3,(H,14,20)/t8-/m0/s1. The maximum Gasteiger partial charge on any atom is 0.324 e. The average molecular weight is 337 g/mol. The number of aromatic nitrogens is 3. The lowest BCUT2D eigenvalue weighted by molar-refractivity contribution is -0.126. The highest BCUT2D eigenvalue weighted by molar-refractivity contribution is 8.00. The number of nitrogens with one attached hydrogen (secondary N) is 1. The van der Waals surface area contributed by atoms with Gasteiger partial charge in [0.2, 0.25) is 5.91 Å². The van der Waals surface area contributed by atoms with Gasteiger partial charge in [0.25, 0.3) is 0 Å². The van der Waals surface area contributed by atoms with Crippen molar-refractivity contribution in [3.63, 3.8) is 0 Å². The van der Waals surface area contributed by atoms with Crippen LogP contribution in [0.25, 0.3) is 10.7 Å². The minimum absolute atomic E-state index is 0.208. The number of amides is 3. The highest BCUT2D eigenvalue weighted by atomic mass is 32.2. The first-order chi connectivity index (χ1) is 10.6. The minimum atomic E-state index is -0.400. The van der Waals surface area contributed by atoms with Gasteiger partial charge in [0.15, 0.2) is 11.0 Å². The van der Waals surface area contributed by atoms with Crippen molar-refractivity contribution in [3.05, 3.63) is 17.5 Å². The second kappa shape index (κ2) is 6.09. The molecular formula is C13H15N5O2S2. The number of carbonyl (C=O) groups excluding carboxylic acids is 2. The maximum absolute atomic E-state index is 12.3. The second-order valence-electron chi connectivity index (χ2n) is 4.82. The largest absolute Gasteiger partial charge is 0.336 e. The molecule has 1 atom stereocenters. The third-order valence-electron chi connectivity index (χ3n) is 3.33. The lowest BCUT2D eigenvalue weighted by Crippen LogP contribution is -2.39. The number of imide groups is 1. The first kappa shape index (κ1) is 15.0. The average Bonchev–Trinajstić information content (AvgIpc) is 3.21. The molecule has 9 heteroatoms. The van der Waals surface area contributed by atoms with Crippen molar-refractivity contribution in [2.24, 2.45) is 7.05 Å². The first-order valence-electron chi connectivity index (χ1n) is 6.77. The van der Waals surface area contributed by atoms with E-state index in [1.165, 1.54) is 16.7 Å². The molecule has 0 aliphatic carbocycles. The highest BCUT2D eigenvalue weighted by Crippen LogP contribution is 2.28. The summed E-state index contributed by atoms with van der Waals surface area (Å²) < 4.78 is 1.87. The molecule has 3 amide bonds. The van der Waals surface area contributed by atoms with Crippen LogP contribution in [0.5, 0.6) is 0 Å². The van der Waals surface area contributed by atoms with Crippen molar-refractivity contribution >= 4 is 35.0 Å². The van der Waals surface area contributed by atoms with Gasteiger partial charge in [0.05, 0.1) is 10.1 Å². The topological polar surface area (TPSA) is 80.1 Å². The highest BCUT2D eigenvalue weighted by Gasteiger charge is 2.31. The monoisotopic (exact) mass is 337 g/mol. The Balaban J connectivity index is 1.73. The molecule has 0 unspecified atom stereocenters. The molecule has 0 bridgehead atoms. The summed E-state index contributed by atoms with van der Waals surface area (Å²) in [5.41, 5.74) is 0. The molecule has 116 valence electrons. The molecule has 0 radical (unpaired) electrons. The Kier molecular flexibility index (Phi) is 4.16. The molecular weight excluding hydrogens is 322 g/mol. The lowest BCUT2D eigenvalue weighted by atomic mass is 10.4. The number of hydrogen-bond acceptors (Lipinski definition) is 6. The Morgan fingerprint density at radius 3 is 2.95 bits per heavy atom. The Labute approximate surface area is 135 Å². The van der Waals surface area contributed by atoms with Crippen LogP contribution in [0.15, 0.2) is 22.7 Å². The summed E-state index contributed by atoms with van der Waals surface area (Å²) in [4.78, 5) is 26.1. The number of carbonyl (C=O) groups is 2. The summed E-state index contributed by atoms with van der Waals surface area (Å²) in [6.45, 7) is 2.70. The van der Waals surface area contributed by atoms with E-state index in [2.05, 4.69) is 15.5 Å². The number of rotatable bonds is 4. The van der Waals surface area contributed by atoms with E-state index in [0.717, 1.165) is 10.7 Å². The number of urea groups is 1. The number of thiophene rings is 1. The van der Waals surface area contributed by atoms with E-state index in [4.69, 9.17) is 0 Å². The van der Waals surface area contributed by atoms with Gasteiger partial charge < -0.3 is 9.88 Å². The van der Waals surface area contributed by atoms with Crippen molar-refractivity contribution in [3.8, 4) is 10.7 Å². The molecule has 1 aliphatic heterocycles. The van der Waals surface area contributed by atoms with Gasteiger partial charge in [-0.25, -0.2) is 4.79 Å². The van der Waals surface area contributed by atoms with Crippen molar-refractivity contribution in [1.29, 1.82) is 0 Å². The molecule has 2 aromatic rings. The summed E-state index contributed by atoms with van der Waals surface area (Å²) in [7, 11) is 1.87. The van der Waals surface area contributed by atoms with Gasteiger partial charge in [-0.15, -0.1) is 21.5 Å². The van der Waals surface area contributed by atoms with Gasteiger partial charge in [0, 0.05) is 20.1 Å². The van der Waals surface area contributed by atoms with Gasteiger partial charge in [-0.3, -0.25) is 9.69 Å². The van der Waals surface area contributed by atoms with Crippen LogP contribution in [0.3, 0.4) is 0 Å². The summed E-state index contributed by atoms with van der Waals surface area (Å²) >= 11 is 2.90. The molecule has 1 aliphatic rings. The van der Waals surface area contributed by atoms with Crippen molar-refractivity contribution in [2.45, 2.75) is 17.3 Å². The number of thioether (sulfide) groups is 1. The van der Waals surface area contributed by atoms with Crippen LogP contribution in [0.2, 0.25) is 0 Å². The zero-order chi connectivity index (χ0) is 15.7. The van der Waals surface area contributed by atoms with Crippen LogP contribution >= 0.6 is 23.1 Å². The van der Waals surface area contributed by atoms with Crippen LogP contribution in [0, 0.1) is 0 Å². The fourth-order valence-corrected chi connectivity index (χ4v) is 3.77. The van der Waals surface area contributed by atoms with Gasteiger partial charge in [-0.1, -0.05) is 17.8 Å². The minimum Gasteiger partial charge on any atom is -0.336 e. The van der Waals surface area contributed by atoms with Gasteiger partial charge in [-0.05, 0) is 18.4 Å². The van der Waals surface area contributed by atoms with Crippen LogP contribution in [-0.4, -0.2) is 49.9 Å². The summed E-state index contributed by atoms with van der Waals surface area (Å²) in [6.07, 6.45) is 0. The van der Waals surface area contributed by atoms with E-state index in [-0.39, 0.29) is 11.9 Å². The fraction of sp³-hybridized carbons (Fsp3) is 0.385. The number of hydrogen-bond donors (Lipinski definition) is 1. The molecule has 2 aromatic heterocycles. The van der Waals surface area contributed by atoms with Gasteiger partial charge in [-0.2, -0.15) is 0 Å². The lowest BCUT2D eigenvalue weighted by Gasteiger charge is -2.16. The van der Waals surface area contributed by atoms with Crippen molar-refractivity contribution in [2.75, 3.05) is 13.1 Å². The first-order valence-corrected chi connectivity index (χ1v) is 8.53. The SMILES string of the molecule is C[C@H](Sc1nnc(-c2cccs2)n1C)C(=O)N1CCNC1=O. The van der Waals surface area contributed by atoms with Gasteiger partial charge in [0.1, 0.15) is 0 Å². The molecule has 3 heterocycles. The summed E-state index contributed by atoms with van der Waals surface area (Å²) in [6, 6.07) is 3.61. The Hall–Kier alpha value is -1.87. The maximum atomic E-state index is 12.3. The summed E-state index contributed by atoms with van der Waals surface area (Å²) in [5, 5.41) is 13.2. The van der Waals surface area contributed by atoms with Crippen LogP contribution in [0.1, 0.15) is 6.92 Å². The zero-order valence-corrected chi connectivity index (χ0v) is 13.8. The van der Waals surface area contributed by atoms with E-state index >= 15 is 0 Å². The van der Waals surface area contributed by atoms with E-state index in [0.29, 0.717) is 18.2 Å². The third kappa shape index (κ3) is 2.73. The Morgan fingerprint density at radius 2 is 2.32 bits per heavy atom. The normalized spacial score (nSPS) is 15.9. The molecule has 1 fully saturated rings.